The maximum Gasteiger partial charge on any atom is 0.249 e. The van der Waals surface area contributed by atoms with Crippen LogP contribution in [0.5, 0.6) is 0 Å². The Morgan fingerprint density at radius 1 is 1.45 bits per heavy atom. The van der Waals surface area contributed by atoms with E-state index in [0.717, 1.165) is 0 Å². The van der Waals surface area contributed by atoms with Crippen molar-refractivity contribution in [1.29, 1.82) is 0 Å². The van der Waals surface area contributed by atoms with Gasteiger partial charge in [0.15, 0.2) is 0 Å². The minimum absolute atomic E-state index is 0.0415. The number of halogens is 1. The summed E-state index contributed by atoms with van der Waals surface area (Å²) in [6.45, 7) is 3.57. The van der Waals surface area contributed by atoms with Crippen LogP contribution in [0.4, 0.5) is 10.1 Å². The maximum absolute atomic E-state index is 14.1. The van der Waals surface area contributed by atoms with Crippen molar-refractivity contribution in [2.45, 2.75) is 25.9 Å². The quantitative estimate of drug-likeness (QED) is 0.809. The second kappa shape index (κ2) is 5.58. The molecular weight excluding hydrogens is 261 g/mol. The van der Waals surface area contributed by atoms with Gasteiger partial charge >= 0.3 is 0 Å². The van der Waals surface area contributed by atoms with Crippen LogP contribution in [0.15, 0.2) is 18.2 Å². The standard InChI is InChI=1S/C14H18FN3O2/c1-8(16-3)13-10(15)5-4-6-11(13)18-7-12(19)17-14(20)9(18)2/h4-6,8-9,16H,7H2,1-3H3,(H,17,19,20). The Morgan fingerprint density at radius 2 is 2.15 bits per heavy atom. The molecule has 20 heavy (non-hydrogen) atoms. The first kappa shape index (κ1) is 14.5. The molecule has 0 saturated carbocycles. The highest BCUT2D eigenvalue weighted by molar-refractivity contribution is 6.04. The van der Waals surface area contributed by atoms with E-state index in [1.807, 2.05) is 6.92 Å². The van der Waals surface area contributed by atoms with E-state index in [0.29, 0.717) is 11.3 Å². The van der Waals surface area contributed by atoms with Gasteiger partial charge in [0.25, 0.3) is 0 Å². The maximum atomic E-state index is 14.1. The van der Waals surface area contributed by atoms with Gasteiger partial charge in [0.2, 0.25) is 11.8 Å². The van der Waals surface area contributed by atoms with E-state index in [2.05, 4.69) is 10.6 Å². The number of piperazine rings is 1. The zero-order valence-corrected chi connectivity index (χ0v) is 11.7. The SMILES string of the molecule is CNC(C)c1c(F)cccc1N1CC(=O)NC(=O)C1C. The summed E-state index contributed by atoms with van der Waals surface area (Å²) in [5.74, 6) is -1.09. The predicted octanol–water partition coefficient (Wildman–Crippen LogP) is 0.957. The van der Waals surface area contributed by atoms with Crippen molar-refractivity contribution in [1.82, 2.24) is 10.6 Å². The smallest absolute Gasteiger partial charge is 0.249 e. The van der Waals surface area contributed by atoms with Gasteiger partial charge in [-0.15, -0.1) is 0 Å². The first-order chi connectivity index (χ1) is 9.45. The molecule has 1 aliphatic rings. The van der Waals surface area contributed by atoms with Gasteiger partial charge in [-0.1, -0.05) is 6.07 Å². The molecule has 108 valence electrons. The molecule has 1 aliphatic heterocycles. The second-order valence-electron chi connectivity index (χ2n) is 4.90. The van der Waals surface area contributed by atoms with Crippen LogP contribution in [0.25, 0.3) is 0 Å². The van der Waals surface area contributed by atoms with Crippen LogP contribution in [0.1, 0.15) is 25.5 Å². The minimum Gasteiger partial charge on any atom is -0.350 e. The summed E-state index contributed by atoms with van der Waals surface area (Å²) in [6, 6.07) is 3.95. The molecule has 2 amide bonds. The van der Waals surface area contributed by atoms with Crippen molar-refractivity contribution >= 4 is 17.5 Å². The second-order valence-corrected chi connectivity index (χ2v) is 4.90. The third-order valence-corrected chi connectivity index (χ3v) is 3.63. The first-order valence-electron chi connectivity index (χ1n) is 6.51. The van der Waals surface area contributed by atoms with Gasteiger partial charge in [-0.2, -0.15) is 0 Å². The number of hydrogen-bond acceptors (Lipinski definition) is 4. The van der Waals surface area contributed by atoms with E-state index in [1.54, 1.807) is 31.0 Å². The molecule has 0 spiro atoms. The Balaban J connectivity index is 2.48. The van der Waals surface area contributed by atoms with Crippen LogP contribution < -0.4 is 15.5 Å². The molecular formula is C14H18FN3O2. The predicted molar refractivity (Wildman–Crippen MR) is 73.8 cm³/mol. The Kier molecular flexibility index (Phi) is 4.04. The Morgan fingerprint density at radius 3 is 2.80 bits per heavy atom. The zero-order chi connectivity index (χ0) is 14.9. The van der Waals surface area contributed by atoms with Crippen LogP contribution in [-0.2, 0) is 9.59 Å². The normalized spacial score (nSPS) is 20.8. The van der Waals surface area contributed by atoms with Crippen molar-refractivity contribution in [3.63, 3.8) is 0 Å². The third kappa shape index (κ3) is 2.51. The van der Waals surface area contributed by atoms with Gasteiger partial charge in [0.1, 0.15) is 11.9 Å². The molecule has 1 heterocycles. The van der Waals surface area contributed by atoms with Crippen molar-refractivity contribution in [3.05, 3.63) is 29.6 Å². The van der Waals surface area contributed by atoms with Crippen LogP contribution in [0.3, 0.4) is 0 Å². The van der Waals surface area contributed by atoms with Gasteiger partial charge in [0.05, 0.1) is 6.54 Å². The number of benzene rings is 1. The number of nitrogens with zero attached hydrogens (tertiary/aromatic N) is 1. The molecule has 5 nitrogen and oxygen atoms in total. The molecule has 1 aromatic carbocycles. The molecule has 0 aliphatic carbocycles. The average molecular weight is 279 g/mol. The highest BCUT2D eigenvalue weighted by Gasteiger charge is 2.32. The fourth-order valence-corrected chi connectivity index (χ4v) is 2.36. The molecule has 6 heteroatoms. The molecule has 0 radical (unpaired) electrons. The average Bonchev–Trinajstić information content (AvgIpc) is 2.41. The largest absolute Gasteiger partial charge is 0.350 e. The molecule has 2 N–H and O–H groups in total. The van der Waals surface area contributed by atoms with E-state index in [-0.39, 0.29) is 30.2 Å². The van der Waals surface area contributed by atoms with Crippen LogP contribution in [0.2, 0.25) is 0 Å². The zero-order valence-electron chi connectivity index (χ0n) is 11.7. The van der Waals surface area contributed by atoms with Crippen LogP contribution in [0, 0.1) is 5.82 Å². The van der Waals surface area contributed by atoms with Crippen molar-refractivity contribution in [2.24, 2.45) is 0 Å². The number of rotatable bonds is 3. The number of hydrogen-bond donors (Lipinski definition) is 2. The molecule has 1 saturated heterocycles. The van der Waals surface area contributed by atoms with Crippen molar-refractivity contribution in [3.8, 4) is 0 Å². The van der Waals surface area contributed by atoms with E-state index in [1.165, 1.54) is 6.07 Å². The lowest BCUT2D eigenvalue weighted by Gasteiger charge is -2.35. The Hall–Kier alpha value is -1.95. The van der Waals surface area contributed by atoms with E-state index in [9.17, 15) is 14.0 Å². The van der Waals surface area contributed by atoms with Gasteiger partial charge in [-0.05, 0) is 33.0 Å². The van der Waals surface area contributed by atoms with E-state index >= 15 is 0 Å². The summed E-state index contributed by atoms with van der Waals surface area (Å²) >= 11 is 0. The number of amides is 2. The lowest BCUT2D eigenvalue weighted by Crippen LogP contribution is -2.57. The minimum atomic E-state index is -0.516. The first-order valence-corrected chi connectivity index (χ1v) is 6.51. The van der Waals surface area contributed by atoms with E-state index in [4.69, 9.17) is 0 Å². The lowest BCUT2D eigenvalue weighted by molar-refractivity contribution is -0.132. The lowest BCUT2D eigenvalue weighted by atomic mass is 10.0. The Labute approximate surface area is 117 Å². The highest BCUT2D eigenvalue weighted by atomic mass is 19.1. The highest BCUT2D eigenvalue weighted by Crippen LogP contribution is 2.30. The summed E-state index contributed by atoms with van der Waals surface area (Å²) in [7, 11) is 1.73. The molecule has 2 atom stereocenters. The monoisotopic (exact) mass is 279 g/mol. The molecule has 1 aromatic rings. The number of imide groups is 1. The van der Waals surface area contributed by atoms with Crippen LogP contribution in [-0.4, -0.2) is 31.4 Å². The molecule has 1 fully saturated rings. The third-order valence-electron chi connectivity index (χ3n) is 3.63. The van der Waals surface area contributed by atoms with Crippen molar-refractivity contribution in [2.75, 3.05) is 18.5 Å². The fraction of sp³-hybridized carbons (Fsp3) is 0.429. The van der Waals surface area contributed by atoms with Gasteiger partial charge in [-0.3, -0.25) is 14.9 Å². The van der Waals surface area contributed by atoms with Gasteiger partial charge < -0.3 is 10.2 Å². The number of nitrogens with one attached hydrogen (secondary N) is 2. The fourth-order valence-electron chi connectivity index (χ4n) is 2.36. The van der Waals surface area contributed by atoms with Gasteiger partial charge in [-0.25, -0.2) is 4.39 Å². The number of carbonyl (C=O) groups is 2. The van der Waals surface area contributed by atoms with Crippen molar-refractivity contribution < 1.29 is 14.0 Å². The Bertz CT molecular complexity index is 547. The molecule has 0 bridgehead atoms. The molecule has 0 aromatic heterocycles. The van der Waals surface area contributed by atoms with E-state index < -0.39 is 6.04 Å². The summed E-state index contributed by atoms with van der Waals surface area (Å²) in [5, 5.41) is 5.26. The topological polar surface area (TPSA) is 61.4 Å². The number of carbonyl (C=O) groups excluding carboxylic acids is 2. The summed E-state index contributed by atoms with van der Waals surface area (Å²) in [6.07, 6.45) is 0. The van der Waals surface area contributed by atoms with Gasteiger partial charge in [0, 0.05) is 17.3 Å². The number of anilines is 1. The van der Waals surface area contributed by atoms with Crippen LogP contribution >= 0.6 is 0 Å². The molecule has 2 unspecified atom stereocenters. The molecule has 2 rings (SSSR count). The summed E-state index contributed by atoms with van der Waals surface area (Å²) < 4.78 is 14.1. The summed E-state index contributed by atoms with van der Waals surface area (Å²) in [5.41, 5.74) is 1.03. The summed E-state index contributed by atoms with van der Waals surface area (Å²) in [4.78, 5) is 24.9.